The van der Waals surface area contributed by atoms with Gasteiger partial charge in [0, 0.05) is 21.2 Å². The van der Waals surface area contributed by atoms with Gasteiger partial charge in [0.1, 0.15) is 0 Å². The lowest BCUT2D eigenvalue weighted by Gasteiger charge is -2.14. The number of nitrogens with two attached hydrogens (primary N) is 1. The summed E-state index contributed by atoms with van der Waals surface area (Å²) in [6, 6.07) is 13.6. The molecular formula is C14H12BrCl2NS. The Morgan fingerprint density at radius 2 is 1.79 bits per heavy atom. The van der Waals surface area contributed by atoms with E-state index in [1.54, 1.807) is 17.8 Å². The highest BCUT2D eigenvalue weighted by molar-refractivity contribution is 9.10. The second kappa shape index (κ2) is 7.00. The van der Waals surface area contributed by atoms with Crippen molar-refractivity contribution < 1.29 is 0 Å². The van der Waals surface area contributed by atoms with E-state index in [-0.39, 0.29) is 6.04 Å². The SMILES string of the molecule is NC(CSc1ccc(Br)cc1)c1cccc(Cl)c1Cl. The van der Waals surface area contributed by atoms with Crippen LogP contribution in [0.5, 0.6) is 0 Å². The molecule has 0 spiro atoms. The zero-order valence-corrected chi connectivity index (χ0v) is 13.9. The van der Waals surface area contributed by atoms with E-state index in [4.69, 9.17) is 28.9 Å². The predicted molar refractivity (Wildman–Crippen MR) is 88.3 cm³/mol. The highest BCUT2D eigenvalue weighted by atomic mass is 79.9. The van der Waals surface area contributed by atoms with E-state index >= 15 is 0 Å². The van der Waals surface area contributed by atoms with E-state index < -0.39 is 0 Å². The molecule has 2 rings (SSSR count). The van der Waals surface area contributed by atoms with Crippen molar-refractivity contribution in [3.8, 4) is 0 Å². The van der Waals surface area contributed by atoms with Crippen molar-refractivity contribution in [3.63, 3.8) is 0 Å². The molecule has 1 atom stereocenters. The van der Waals surface area contributed by atoms with Crippen LogP contribution in [0.1, 0.15) is 11.6 Å². The summed E-state index contributed by atoms with van der Waals surface area (Å²) in [5, 5.41) is 1.09. The first-order valence-corrected chi connectivity index (χ1v) is 8.19. The molecule has 1 nitrogen and oxygen atoms in total. The Balaban J connectivity index is 2.03. The van der Waals surface area contributed by atoms with Crippen molar-refractivity contribution in [1.82, 2.24) is 0 Å². The Hall–Kier alpha value is -0.190. The lowest BCUT2D eigenvalue weighted by atomic mass is 10.1. The van der Waals surface area contributed by atoms with Gasteiger partial charge in [0.05, 0.1) is 10.0 Å². The zero-order chi connectivity index (χ0) is 13.8. The van der Waals surface area contributed by atoms with E-state index in [0.717, 1.165) is 15.8 Å². The Morgan fingerprint density at radius 1 is 1.11 bits per heavy atom. The van der Waals surface area contributed by atoms with Crippen LogP contribution in [0.25, 0.3) is 0 Å². The van der Waals surface area contributed by atoms with Gasteiger partial charge in [-0.05, 0) is 35.9 Å². The van der Waals surface area contributed by atoms with Crippen LogP contribution in [0, 0.1) is 0 Å². The molecule has 0 fully saturated rings. The molecule has 19 heavy (non-hydrogen) atoms. The number of thioether (sulfide) groups is 1. The summed E-state index contributed by atoms with van der Waals surface area (Å²) in [5.41, 5.74) is 7.06. The molecule has 5 heteroatoms. The fraction of sp³-hybridized carbons (Fsp3) is 0.143. The second-order valence-corrected chi connectivity index (χ2v) is 6.81. The van der Waals surface area contributed by atoms with Crippen molar-refractivity contribution >= 4 is 50.9 Å². The molecular weight excluding hydrogens is 365 g/mol. The Morgan fingerprint density at radius 3 is 2.47 bits per heavy atom. The van der Waals surface area contributed by atoms with Gasteiger partial charge in [-0.1, -0.05) is 51.3 Å². The fourth-order valence-corrected chi connectivity index (χ4v) is 3.21. The largest absolute Gasteiger partial charge is 0.323 e. The molecule has 0 bridgehead atoms. The number of rotatable bonds is 4. The van der Waals surface area contributed by atoms with Crippen LogP contribution in [-0.2, 0) is 0 Å². The smallest absolute Gasteiger partial charge is 0.0640 e. The van der Waals surface area contributed by atoms with Crippen molar-refractivity contribution in [1.29, 1.82) is 0 Å². The van der Waals surface area contributed by atoms with E-state index in [1.807, 2.05) is 24.3 Å². The van der Waals surface area contributed by atoms with Gasteiger partial charge in [-0.3, -0.25) is 0 Å². The van der Waals surface area contributed by atoms with Crippen LogP contribution in [0.2, 0.25) is 10.0 Å². The Labute approximate surface area is 135 Å². The van der Waals surface area contributed by atoms with Crippen LogP contribution in [0.15, 0.2) is 51.8 Å². The van der Waals surface area contributed by atoms with Crippen LogP contribution in [0.3, 0.4) is 0 Å². The van der Waals surface area contributed by atoms with E-state index in [1.165, 1.54) is 4.90 Å². The maximum Gasteiger partial charge on any atom is 0.0640 e. The number of hydrogen-bond acceptors (Lipinski definition) is 2. The molecule has 0 heterocycles. The third-order valence-corrected chi connectivity index (χ3v) is 5.12. The Bertz CT molecular complexity index is 560. The third-order valence-electron chi connectivity index (χ3n) is 2.62. The standard InChI is InChI=1S/C14H12BrCl2NS/c15-9-4-6-10(7-5-9)19-8-13(18)11-2-1-3-12(16)14(11)17/h1-7,13H,8,18H2. The van der Waals surface area contributed by atoms with Gasteiger partial charge in [0.15, 0.2) is 0 Å². The summed E-state index contributed by atoms with van der Waals surface area (Å²) >= 11 is 17.3. The fourth-order valence-electron chi connectivity index (χ4n) is 1.61. The minimum atomic E-state index is -0.139. The van der Waals surface area contributed by atoms with Crippen molar-refractivity contribution in [3.05, 3.63) is 62.5 Å². The van der Waals surface area contributed by atoms with E-state index in [0.29, 0.717) is 10.0 Å². The number of halogens is 3. The normalized spacial score (nSPS) is 12.4. The summed E-state index contributed by atoms with van der Waals surface area (Å²) in [5.74, 6) is 0.752. The van der Waals surface area contributed by atoms with Gasteiger partial charge in [-0.2, -0.15) is 0 Å². The summed E-state index contributed by atoms with van der Waals surface area (Å²) < 4.78 is 1.07. The van der Waals surface area contributed by atoms with Crippen molar-refractivity contribution in [2.45, 2.75) is 10.9 Å². The number of hydrogen-bond donors (Lipinski definition) is 1. The maximum absolute atomic E-state index is 6.17. The first-order valence-electron chi connectivity index (χ1n) is 5.66. The average Bonchev–Trinajstić information content (AvgIpc) is 2.41. The van der Waals surface area contributed by atoms with Gasteiger partial charge >= 0.3 is 0 Å². The monoisotopic (exact) mass is 375 g/mol. The molecule has 0 aliphatic heterocycles. The van der Waals surface area contributed by atoms with Crippen LogP contribution in [0.4, 0.5) is 0 Å². The molecule has 0 aliphatic carbocycles. The van der Waals surface area contributed by atoms with Gasteiger partial charge in [0.2, 0.25) is 0 Å². The zero-order valence-electron chi connectivity index (χ0n) is 9.95. The first-order chi connectivity index (χ1) is 9.08. The van der Waals surface area contributed by atoms with Gasteiger partial charge in [-0.25, -0.2) is 0 Å². The first kappa shape index (κ1) is 15.2. The molecule has 0 aromatic heterocycles. The quantitative estimate of drug-likeness (QED) is 0.708. The van der Waals surface area contributed by atoms with E-state index in [9.17, 15) is 0 Å². The van der Waals surface area contributed by atoms with Gasteiger partial charge < -0.3 is 5.73 Å². The number of benzene rings is 2. The summed E-state index contributed by atoms with van der Waals surface area (Å²) in [6.45, 7) is 0. The second-order valence-electron chi connectivity index (χ2n) is 4.01. The molecule has 0 amide bonds. The third kappa shape index (κ3) is 4.14. The van der Waals surface area contributed by atoms with Crippen molar-refractivity contribution in [2.75, 3.05) is 5.75 Å². The van der Waals surface area contributed by atoms with Crippen molar-refractivity contribution in [2.24, 2.45) is 5.73 Å². The minimum Gasteiger partial charge on any atom is -0.323 e. The van der Waals surface area contributed by atoms with Crippen LogP contribution < -0.4 is 5.73 Å². The summed E-state index contributed by atoms with van der Waals surface area (Å²) in [6.07, 6.45) is 0. The van der Waals surface area contributed by atoms with Crippen LogP contribution >= 0.6 is 50.9 Å². The molecule has 2 aromatic carbocycles. The molecule has 0 radical (unpaired) electrons. The summed E-state index contributed by atoms with van der Waals surface area (Å²) in [4.78, 5) is 1.18. The molecule has 100 valence electrons. The molecule has 0 saturated carbocycles. The molecule has 0 aliphatic rings. The Kier molecular flexibility index (Phi) is 5.60. The van der Waals surface area contributed by atoms with E-state index in [2.05, 4.69) is 28.1 Å². The maximum atomic E-state index is 6.17. The topological polar surface area (TPSA) is 26.0 Å². The predicted octanol–water partition coefficient (Wildman–Crippen LogP) is 5.55. The lowest BCUT2D eigenvalue weighted by Crippen LogP contribution is -2.13. The van der Waals surface area contributed by atoms with Crippen LogP contribution in [-0.4, -0.2) is 5.75 Å². The van der Waals surface area contributed by atoms with Gasteiger partial charge in [-0.15, -0.1) is 11.8 Å². The highest BCUT2D eigenvalue weighted by Gasteiger charge is 2.12. The summed E-state index contributed by atoms with van der Waals surface area (Å²) in [7, 11) is 0. The van der Waals surface area contributed by atoms with Gasteiger partial charge in [0.25, 0.3) is 0 Å². The molecule has 0 saturated heterocycles. The average molecular weight is 377 g/mol. The molecule has 1 unspecified atom stereocenters. The minimum absolute atomic E-state index is 0.139. The lowest BCUT2D eigenvalue weighted by molar-refractivity contribution is 0.831. The molecule has 2 aromatic rings. The highest BCUT2D eigenvalue weighted by Crippen LogP contribution is 2.32. The molecule has 2 N–H and O–H groups in total.